The molecule has 0 N–H and O–H groups in total. The Kier molecular flexibility index (Phi) is 3.33. The number of benzene rings is 4. The molecule has 26 heavy (non-hydrogen) atoms. The van der Waals surface area contributed by atoms with Gasteiger partial charge in [-0.1, -0.05) is 84.9 Å². The average molecular weight is 332 g/mol. The van der Waals surface area contributed by atoms with E-state index in [0.717, 1.165) is 0 Å². The summed E-state index contributed by atoms with van der Waals surface area (Å²) >= 11 is 0. The fraction of sp³-hybridized carbons (Fsp3) is 0.0769. The quantitative estimate of drug-likeness (QED) is 0.318. The predicted octanol–water partition coefficient (Wildman–Crippen LogP) is 7.28. The SMILES string of the molecule is Cc1c(C)c(-c2ccccc2)c2c(c1-c1ccccc1)-c1ccccc1-2. The summed E-state index contributed by atoms with van der Waals surface area (Å²) in [5, 5.41) is 0. The van der Waals surface area contributed by atoms with Crippen LogP contribution in [0.5, 0.6) is 0 Å². The molecular formula is C26H20. The van der Waals surface area contributed by atoms with Gasteiger partial charge in [-0.05, 0) is 69.5 Å². The van der Waals surface area contributed by atoms with Crippen LogP contribution in [0.3, 0.4) is 0 Å². The molecule has 4 aromatic rings. The first kappa shape index (κ1) is 15.2. The Balaban J connectivity index is 1.90. The lowest BCUT2D eigenvalue weighted by molar-refractivity contribution is 1.32. The van der Waals surface area contributed by atoms with Gasteiger partial charge in [0.25, 0.3) is 0 Å². The Morgan fingerprint density at radius 1 is 0.385 bits per heavy atom. The molecule has 0 fully saturated rings. The summed E-state index contributed by atoms with van der Waals surface area (Å²) in [6, 6.07) is 30.4. The highest BCUT2D eigenvalue weighted by Gasteiger charge is 2.31. The first-order valence-electron chi connectivity index (χ1n) is 9.15. The molecule has 0 heteroatoms. The number of fused-ring (bicyclic) bond motifs is 4. The lowest BCUT2D eigenvalue weighted by Gasteiger charge is -2.33. The summed E-state index contributed by atoms with van der Waals surface area (Å²) in [6.07, 6.45) is 0. The van der Waals surface area contributed by atoms with Crippen LogP contribution in [0.4, 0.5) is 0 Å². The summed E-state index contributed by atoms with van der Waals surface area (Å²) in [5.41, 5.74) is 13.7. The van der Waals surface area contributed by atoms with Crippen molar-refractivity contribution in [1.29, 1.82) is 0 Å². The van der Waals surface area contributed by atoms with Crippen molar-refractivity contribution in [3.05, 3.63) is 96.1 Å². The van der Waals surface area contributed by atoms with Gasteiger partial charge in [0, 0.05) is 0 Å². The smallest absolute Gasteiger partial charge is 0.00112 e. The van der Waals surface area contributed by atoms with Crippen molar-refractivity contribution >= 4 is 0 Å². The topological polar surface area (TPSA) is 0 Å². The maximum Gasteiger partial charge on any atom is -0.00112 e. The Labute approximate surface area is 154 Å². The predicted molar refractivity (Wildman–Crippen MR) is 111 cm³/mol. The van der Waals surface area contributed by atoms with Gasteiger partial charge in [0.15, 0.2) is 0 Å². The highest BCUT2D eigenvalue weighted by atomic mass is 14.3. The zero-order chi connectivity index (χ0) is 17.7. The van der Waals surface area contributed by atoms with Crippen molar-refractivity contribution in [1.82, 2.24) is 0 Å². The van der Waals surface area contributed by atoms with Gasteiger partial charge in [-0.2, -0.15) is 0 Å². The molecule has 0 spiro atoms. The van der Waals surface area contributed by atoms with Crippen LogP contribution in [0.2, 0.25) is 0 Å². The van der Waals surface area contributed by atoms with Crippen molar-refractivity contribution in [2.24, 2.45) is 0 Å². The highest BCUT2D eigenvalue weighted by Crippen LogP contribution is 2.57. The molecule has 1 aliphatic carbocycles. The van der Waals surface area contributed by atoms with Gasteiger partial charge in [-0.15, -0.1) is 0 Å². The molecule has 0 aromatic heterocycles. The van der Waals surface area contributed by atoms with E-state index in [0.29, 0.717) is 0 Å². The highest BCUT2D eigenvalue weighted by molar-refractivity contribution is 6.15. The van der Waals surface area contributed by atoms with E-state index in [2.05, 4.69) is 98.8 Å². The maximum atomic E-state index is 2.27. The number of hydrogen-bond acceptors (Lipinski definition) is 0. The van der Waals surface area contributed by atoms with E-state index in [9.17, 15) is 0 Å². The van der Waals surface area contributed by atoms with E-state index in [1.165, 1.54) is 55.6 Å². The Morgan fingerprint density at radius 2 is 0.731 bits per heavy atom. The maximum absolute atomic E-state index is 2.27. The van der Waals surface area contributed by atoms with Crippen LogP contribution in [0.1, 0.15) is 11.1 Å². The van der Waals surface area contributed by atoms with Crippen molar-refractivity contribution in [2.75, 3.05) is 0 Å². The number of rotatable bonds is 2. The summed E-state index contributed by atoms with van der Waals surface area (Å²) < 4.78 is 0. The zero-order valence-electron chi connectivity index (χ0n) is 15.1. The van der Waals surface area contributed by atoms with Crippen LogP contribution in [-0.2, 0) is 0 Å². The Hall–Kier alpha value is -3.12. The fourth-order valence-electron chi connectivity index (χ4n) is 4.33. The minimum atomic E-state index is 1.30. The second-order valence-corrected chi connectivity index (χ2v) is 7.03. The first-order valence-corrected chi connectivity index (χ1v) is 9.15. The molecule has 0 nitrogen and oxygen atoms in total. The molecule has 5 rings (SSSR count). The molecule has 0 atom stereocenters. The van der Waals surface area contributed by atoms with Crippen LogP contribution in [0.15, 0.2) is 84.9 Å². The molecule has 1 aliphatic rings. The summed E-state index contributed by atoms with van der Waals surface area (Å²) in [7, 11) is 0. The summed E-state index contributed by atoms with van der Waals surface area (Å²) in [6.45, 7) is 4.54. The fourth-order valence-corrected chi connectivity index (χ4v) is 4.33. The lowest BCUT2D eigenvalue weighted by atomic mass is 9.70. The van der Waals surface area contributed by atoms with E-state index in [1.807, 2.05) is 0 Å². The van der Waals surface area contributed by atoms with E-state index < -0.39 is 0 Å². The first-order chi connectivity index (χ1) is 12.8. The van der Waals surface area contributed by atoms with Gasteiger partial charge in [0.1, 0.15) is 0 Å². The summed E-state index contributed by atoms with van der Waals surface area (Å²) in [5.74, 6) is 0. The molecule has 0 heterocycles. The van der Waals surface area contributed by atoms with Gasteiger partial charge < -0.3 is 0 Å². The summed E-state index contributed by atoms with van der Waals surface area (Å²) in [4.78, 5) is 0. The van der Waals surface area contributed by atoms with E-state index in [-0.39, 0.29) is 0 Å². The molecule has 124 valence electrons. The van der Waals surface area contributed by atoms with Crippen molar-refractivity contribution in [3.8, 4) is 44.5 Å². The van der Waals surface area contributed by atoms with Crippen molar-refractivity contribution < 1.29 is 0 Å². The Morgan fingerprint density at radius 3 is 1.12 bits per heavy atom. The standard InChI is InChI=1S/C26H20/c1-17-18(2)24(20-13-7-4-8-14-20)26-22-16-10-9-15-21(22)25(26)23(17)19-11-5-3-6-12-19/h3-16H,1-2H3. The van der Waals surface area contributed by atoms with Gasteiger partial charge in [0.05, 0.1) is 0 Å². The molecule has 0 bridgehead atoms. The largest absolute Gasteiger partial charge is 0.0622 e. The molecule has 0 amide bonds. The van der Waals surface area contributed by atoms with E-state index >= 15 is 0 Å². The molecular weight excluding hydrogens is 312 g/mol. The van der Waals surface area contributed by atoms with E-state index in [1.54, 1.807) is 0 Å². The van der Waals surface area contributed by atoms with Crippen molar-refractivity contribution in [3.63, 3.8) is 0 Å². The second kappa shape index (κ2) is 5.71. The zero-order valence-corrected chi connectivity index (χ0v) is 15.1. The second-order valence-electron chi connectivity index (χ2n) is 7.03. The van der Waals surface area contributed by atoms with Crippen LogP contribution in [-0.4, -0.2) is 0 Å². The Bertz CT molecular complexity index is 1030. The third kappa shape index (κ3) is 2.02. The minimum absolute atomic E-state index is 1.30. The third-order valence-electron chi connectivity index (χ3n) is 5.65. The van der Waals surface area contributed by atoms with Crippen LogP contribution < -0.4 is 0 Å². The van der Waals surface area contributed by atoms with Crippen molar-refractivity contribution in [2.45, 2.75) is 13.8 Å². The van der Waals surface area contributed by atoms with Crippen LogP contribution in [0.25, 0.3) is 44.5 Å². The van der Waals surface area contributed by atoms with Gasteiger partial charge >= 0.3 is 0 Å². The third-order valence-corrected chi connectivity index (χ3v) is 5.65. The average Bonchev–Trinajstić information content (AvgIpc) is 2.70. The molecule has 0 radical (unpaired) electrons. The normalized spacial score (nSPS) is 11.5. The molecule has 0 saturated heterocycles. The van der Waals surface area contributed by atoms with Gasteiger partial charge in [-0.3, -0.25) is 0 Å². The van der Waals surface area contributed by atoms with Gasteiger partial charge in [-0.25, -0.2) is 0 Å². The molecule has 4 aromatic carbocycles. The monoisotopic (exact) mass is 332 g/mol. The molecule has 0 saturated carbocycles. The lowest BCUT2D eigenvalue weighted by Crippen LogP contribution is -2.07. The van der Waals surface area contributed by atoms with E-state index in [4.69, 9.17) is 0 Å². The number of hydrogen-bond donors (Lipinski definition) is 0. The van der Waals surface area contributed by atoms with Crippen LogP contribution in [0, 0.1) is 13.8 Å². The van der Waals surface area contributed by atoms with Gasteiger partial charge in [0.2, 0.25) is 0 Å². The minimum Gasteiger partial charge on any atom is -0.0622 e. The molecule has 0 aliphatic heterocycles. The van der Waals surface area contributed by atoms with Crippen LogP contribution >= 0.6 is 0 Å². The molecule has 0 unspecified atom stereocenters.